The van der Waals surface area contributed by atoms with Crippen molar-refractivity contribution < 1.29 is 4.74 Å². The van der Waals surface area contributed by atoms with E-state index in [1.54, 1.807) is 18.2 Å². The number of aryl methyl sites for hydroxylation is 1. The Balaban J connectivity index is 1.88. The Kier molecular flexibility index (Phi) is 3.81. The summed E-state index contributed by atoms with van der Waals surface area (Å²) in [7, 11) is 1.77. The lowest BCUT2D eigenvalue weighted by molar-refractivity contribution is 0.247. The SMILES string of the molecule is CC[C@@H]1c2ccc(OC)cc2CC[C@H]1C1CCCC1. The molecular weight excluding hydrogens is 232 g/mol. The third-order valence-electron chi connectivity index (χ3n) is 5.46. The molecule has 0 heterocycles. The monoisotopic (exact) mass is 258 g/mol. The summed E-state index contributed by atoms with van der Waals surface area (Å²) in [6.45, 7) is 2.37. The van der Waals surface area contributed by atoms with Crippen molar-refractivity contribution in [3.63, 3.8) is 0 Å². The third-order valence-corrected chi connectivity index (χ3v) is 5.46. The third kappa shape index (κ3) is 2.40. The highest BCUT2D eigenvalue weighted by atomic mass is 16.5. The number of hydrogen-bond acceptors (Lipinski definition) is 1. The molecule has 1 aromatic rings. The van der Waals surface area contributed by atoms with Crippen LogP contribution in [0, 0.1) is 11.8 Å². The van der Waals surface area contributed by atoms with Crippen LogP contribution in [0.1, 0.15) is 62.5 Å². The van der Waals surface area contributed by atoms with Crippen LogP contribution in [0.25, 0.3) is 0 Å². The molecule has 2 aliphatic rings. The Morgan fingerprint density at radius 2 is 1.95 bits per heavy atom. The van der Waals surface area contributed by atoms with Gasteiger partial charge in [-0.25, -0.2) is 0 Å². The molecule has 0 aromatic heterocycles. The van der Waals surface area contributed by atoms with Gasteiger partial charge in [0.1, 0.15) is 5.75 Å². The lowest BCUT2D eigenvalue weighted by Gasteiger charge is -2.37. The summed E-state index contributed by atoms with van der Waals surface area (Å²) in [4.78, 5) is 0. The van der Waals surface area contributed by atoms with Crippen molar-refractivity contribution >= 4 is 0 Å². The summed E-state index contributed by atoms with van der Waals surface area (Å²) in [5.74, 6) is 3.75. The number of benzene rings is 1. The highest BCUT2D eigenvalue weighted by Crippen LogP contribution is 2.47. The summed E-state index contributed by atoms with van der Waals surface area (Å²) in [6, 6.07) is 6.75. The second kappa shape index (κ2) is 5.56. The van der Waals surface area contributed by atoms with E-state index in [9.17, 15) is 0 Å². The zero-order valence-electron chi connectivity index (χ0n) is 12.3. The van der Waals surface area contributed by atoms with E-state index in [0.29, 0.717) is 0 Å². The van der Waals surface area contributed by atoms with Crippen molar-refractivity contribution in [1.29, 1.82) is 0 Å². The van der Waals surface area contributed by atoms with Crippen LogP contribution in [0.4, 0.5) is 0 Å². The molecule has 1 heteroatoms. The molecule has 0 aliphatic heterocycles. The first-order valence-corrected chi connectivity index (χ1v) is 8.00. The first-order chi connectivity index (χ1) is 9.33. The lowest BCUT2D eigenvalue weighted by Crippen LogP contribution is -2.26. The molecule has 2 aliphatic carbocycles. The Bertz CT molecular complexity index is 431. The minimum atomic E-state index is 0.790. The van der Waals surface area contributed by atoms with Crippen LogP contribution in [0.2, 0.25) is 0 Å². The number of methoxy groups -OCH3 is 1. The Morgan fingerprint density at radius 3 is 2.63 bits per heavy atom. The van der Waals surface area contributed by atoms with Crippen molar-refractivity contribution in [2.24, 2.45) is 11.8 Å². The molecule has 0 spiro atoms. The summed E-state index contributed by atoms with van der Waals surface area (Å²) >= 11 is 0. The average Bonchev–Trinajstić information content (AvgIpc) is 2.99. The molecule has 0 unspecified atom stereocenters. The van der Waals surface area contributed by atoms with Gasteiger partial charge in [0.2, 0.25) is 0 Å². The van der Waals surface area contributed by atoms with E-state index in [-0.39, 0.29) is 0 Å². The molecule has 0 saturated heterocycles. The molecule has 3 rings (SSSR count). The highest BCUT2D eigenvalue weighted by Gasteiger charge is 2.35. The highest BCUT2D eigenvalue weighted by molar-refractivity contribution is 5.40. The second-order valence-electron chi connectivity index (χ2n) is 6.33. The average molecular weight is 258 g/mol. The minimum Gasteiger partial charge on any atom is -0.497 e. The van der Waals surface area contributed by atoms with Crippen molar-refractivity contribution in [2.75, 3.05) is 7.11 Å². The zero-order valence-corrected chi connectivity index (χ0v) is 12.3. The molecular formula is C18H26O. The van der Waals surface area contributed by atoms with Crippen molar-refractivity contribution in [1.82, 2.24) is 0 Å². The molecule has 104 valence electrons. The molecule has 0 N–H and O–H groups in total. The van der Waals surface area contributed by atoms with Gasteiger partial charge in [-0.15, -0.1) is 0 Å². The Hall–Kier alpha value is -0.980. The molecule has 0 radical (unpaired) electrons. The van der Waals surface area contributed by atoms with E-state index in [4.69, 9.17) is 4.74 Å². The maximum Gasteiger partial charge on any atom is 0.119 e. The van der Waals surface area contributed by atoms with Crippen molar-refractivity contribution in [3.05, 3.63) is 29.3 Å². The van der Waals surface area contributed by atoms with Gasteiger partial charge in [-0.05, 0) is 60.3 Å². The predicted octanol–water partition coefficient (Wildman–Crippen LogP) is 4.94. The van der Waals surface area contributed by atoms with Gasteiger partial charge in [-0.1, -0.05) is 38.7 Å². The van der Waals surface area contributed by atoms with E-state index in [0.717, 1.165) is 23.5 Å². The molecule has 1 nitrogen and oxygen atoms in total. The van der Waals surface area contributed by atoms with Gasteiger partial charge >= 0.3 is 0 Å². The molecule has 1 fully saturated rings. The van der Waals surface area contributed by atoms with Crippen LogP contribution in [-0.4, -0.2) is 7.11 Å². The zero-order chi connectivity index (χ0) is 13.2. The number of hydrogen-bond donors (Lipinski definition) is 0. The fraction of sp³-hybridized carbons (Fsp3) is 0.667. The topological polar surface area (TPSA) is 9.23 Å². The smallest absolute Gasteiger partial charge is 0.119 e. The van der Waals surface area contributed by atoms with Crippen LogP contribution < -0.4 is 4.74 Å². The molecule has 0 bridgehead atoms. The fourth-order valence-electron chi connectivity index (χ4n) is 4.51. The molecule has 1 saturated carbocycles. The van der Waals surface area contributed by atoms with Crippen LogP contribution in [0.5, 0.6) is 5.75 Å². The maximum atomic E-state index is 5.38. The summed E-state index contributed by atoms with van der Waals surface area (Å²) in [5, 5.41) is 0. The summed E-state index contributed by atoms with van der Waals surface area (Å²) in [6.07, 6.45) is 9.83. The van der Waals surface area contributed by atoms with Crippen molar-refractivity contribution in [3.8, 4) is 5.75 Å². The van der Waals surface area contributed by atoms with Gasteiger partial charge in [0.05, 0.1) is 7.11 Å². The summed E-state index contributed by atoms with van der Waals surface area (Å²) < 4.78 is 5.38. The number of ether oxygens (including phenoxy) is 1. The maximum absolute atomic E-state index is 5.38. The fourth-order valence-corrected chi connectivity index (χ4v) is 4.51. The molecule has 1 aromatic carbocycles. The lowest BCUT2D eigenvalue weighted by atomic mass is 9.68. The first kappa shape index (κ1) is 13.0. The standard InChI is InChI=1S/C18H26O/c1-3-16-17(13-6-4-5-7-13)10-8-14-12-15(19-2)9-11-18(14)16/h9,11-13,16-17H,3-8,10H2,1-2H3/t16-,17-/m0/s1. The normalized spacial score (nSPS) is 27.3. The largest absolute Gasteiger partial charge is 0.497 e. The Labute approximate surface area is 117 Å². The minimum absolute atomic E-state index is 0.790. The van der Waals surface area contributed by atoms with E-state index in [2.05, 4.69) is 25.1 Å². The van der Waals surface area contributed by atoms with Crippen LogP contribution >= 0.6 is 0 Å². The van der Waals surface area contributed by atoms with E-state index in [1.165, 1.54) is 44.9 Å². The molecule has 19 heavy (non-hydrogen) atoms. The van der Waals surface area contributed by atoms with E-state index < -0.39 is 0 Å². The van der Waals surface area contributed by atoms with Gasteiger partial charge in [0, 0.05) is 0 Å². The number of fused-ring (bicyclic) bond motifs is 1. The van der Waals surface area contributed by atoms with Gasteiger partial charge in [-0.2, -0.15) is 0 Å². The predicted molar refractivity (Wildman–Crippen MR) is 79.8 cm³/mol. The second-order valence-corrected chi connectivity index (χ2v) is 6.33. The quantitative estimate of drug-likeness (QED) is 0.746. The summed E-state index contributed by atoms with van der Waals surface area (Å²) in [5.41, 5.74) is 3.16. The van der Waals surface area contributed by atoms with Crippen LogP contribution in [0.15, 0.2) is 18.2 Å². The Morgan fingerprint density at radius 1 is 1.16 bits per heavy atom. The van der Waals surface area contributed by atoms with Gasteiger partial charge in [0.15, 0.2) is 0 Å². The molecule has 0 amide bonds. The molecule has 2 atom stereocenters. The van der Waals surface area contributed by atoms with E-state index in [1.807, 2.05) is 0 Å². The van der Waals surface area contributed by atoms with Gasteiger partial charge in [0.25, 0.3) is 0 Å². The van der Waals surface area contributed by atoms with E-state index >= 15 is 0 Å². The van der Waals surface area contributed by atoms with Crippen LogP contribution in [0.3, 0.4) is 0 Å². The first-order valence-electron chi connectivity index (χ1n) is 8.00. The van der Waals surface area contributed by atoms with Crippen LogP contribution in [-0.2, 0) is 6.42 Å². The van der Waals surface area contributed by atoms with Gasteiger partial charge < -0.3 is 4.74 Å². The van der Waals surface area contributed by atoms with Crippen molar-refractivity contribution in [2.45, 2.75) is 57.8 Å². The number of rotatable bonds is 3. The van der Waals surface area contributed by atoms with Gasteiger partial charge in [-0.3, -0.25) is 0 Å².